The number of nitrogens with one attached hydrogen (secondary N) is 1. The number of carbonyl (C=O) groups is 1. The molecule has 7 heteroatoms. The summed E-state index contributed by atoms with van der Waals surface area (Å²) in [6.07, 6.45) is 4.36. The lowest BCUT2D eigenvalue weighted by Crippen LogP contribution is -2.60. The van der Waals surface area contributed by atoms with E-state index in [1.807, 2.05) is 6.92 Å². The van der Waals surface area contributed by atoms with Gasteiger partial charge in [0, 0.05) is 6.54 Å². The number of carbonyl (C=O) groups excluding carboxylic acids is 1. The van der Waals surface area contributed by atoms with E-state index >= 15 is 0 Å². The summed E-state index contributed by atoms with van der Waals surface area (Å²) in [7, 11) is -3.35. The predicted molar refractivity (Wildman–Crippen MR) is 75.6 cm³/mol. The molecule has 1 aliphatic heterocycles. The predicted octanol–water partition coefficient (Wildman–Crippen LogP) is 0.222. The fourth-order valence-corrected chi connectivity index (χ4v) is 4.73. The lowest BCUT2D eigenvalue weighted by atomic mass is 9.77. The number of aliphatic hydroxyl groups is 1. The molecular formula is C13H24N2O4S. The molecule has 2 rings (SSSR count). The van der Waals surface area contributed by atoms with Crippen LogP contribution in [0.15, 0.2) is 0 Å². The maximum atomic E-state index is 12.3. The summed E-state index contributed by atoms with van der Waals surface area (Å²) in [5, 5.41) is 12.3. The summed E-state index contributed by atoms with van der Waals surface area (Å²) in [5.74, 6) is -0.169. The minimum Gasteiger partial charge on any atom is -0.394 e. The number of nitrogens with zero attached hydrogens (tertiary/aromatic N) is 1. The summed E-state index contributed by atoms with van der Waals surface area (Å²) < 4.78 is 25.7. The maximum absolute atomic E-state index is 12.3. The van der Waals surface area contributed by atoms with Crippen LogP contribution >= 0.6 is 0 Å². The number of sulfonamides is 1. The van der Waals surface area contributed by atoms with Gasteiger partial charge in [-0.1, -0.05) is 6.92 Å². The molecule has 0 aromatic carbocycles. The summed E-state index contributed by atoms with van der Waals surface area (Å²) in [6, 6.07) is -0.601. The number of rotatable bonds is 6. The van der Waals surface area contributed by atoms with Crippen LogP contribution < -0.4 is 5.32 Å². The highest BCUT2D eigenvalue weighted by Gasteiger charge is 2.43. The van der Waals surface area contributed by atoms with Crippen molar-refractivity contribution in [2.75, 3.05) is 18.9 Å². The zero-order valence-corrected chi connectivity index (χ0v) is 12.8. The van der Waals surface area contributed by atoms with Crippen LogP contribution in [0, 0.1) is 0 Å². The second-order valence-corrected chi connectivity index (χ2v) is 7.91. The third kappa shape index (κ3) is 2.99. The standard InChI is InChI=1S/C13H24N2O4S/c1-2-9-20(18,19)15-8-3-5-11(15)12(17)14-13(10-16)6-4-7-13/h11,16H,2-10H2,1H3,(H,14,17). The van der Waals surface area contributed by atoms with Gasteiger partial charge in [0.25, 0.3) is 0 Å². The molecule has 1 saturated heterocycles. The van der Waals surface area contributed by atoms with E-state index < -0.39 is 21.6 Å². The molecule has 2 N–H and O–H groups in total. The van der Waals surface area contributed by atoms with Crippen molar-refractivity contribution in [2.24, 2.45) is 0 Å². The molecule has 1 aliphatic carbocycles. The Labute approximate surface area is 120 Å². The van der Waals surface area contributed by atoms with E-state index in [0.717, 1.165) is 19.3 Å². The average molecular weight is 304 g/mol. The Morgan fingerprint density at radius 2 is 2.10 bits per heavy atom. The Balaban J connectivity index is 2.05. The van der Waals surface area contributed by atoms with Gasteiger partial charge in [0.15, 0.2) is 0 Å². The first kappa shape index (κ1) is 15.7. The van der Waals surface area contributed by atoms with Crippen LogP contribution in [0.4, 0.5) is 0 Å². The number of amides is 1. The van der Waals surface area contributed by atoms with Gasteiger partial charge >= 0.3 is 0 Å². The summed E-state index contributed by atoms with van der Waals surface area (Å²) in [6.45, 7) is 2.16. The van der Waals surface area contributed by atoms with Gasteiger partial charge in [0.1, 0.15) is 6.04 Å². The van der Waals surface area contributed by atoms with E-state index in [-0.39, 0.29) is 18.3 Å². The molecule has 1 amide bonds. The molecule has 0 aromatic heterocycles. The number of hydrogen-bond donors (Lipinski definition) is 2. The van der Waals surface area contributed by atoms with E-state index in [4.69, 9.17) is 0 Å². The molecule has 2 fully saturated rings. The van der Waals surface area contributed by atoms with E-state index in [1.54, 1.807) is 0 Å². The Morgan fingerprint density at radius 1 is 1.40 bits per heavy atom. The van der Waals surface area contributed by atoms with Gasteiger partial charge in [0.05, 0.1) is 17.9 Å². The summed E-state index contributed by atoms with van der Waals surface area (Å²) in [5.41, 5.74) is -0.514. The van der Waals surface area contributed by atoms with E-state index in [1.165, 1.54) is 4.31 Å². The molecule has 1 unspecified atom stereocenters. The van der Waals surface area contributed by atoms with Crippen molar-refractivity contribution in [1.29, 1.82) is 0 Å². The molecular weight excluding hydrogens is 280 g/mol. The molecule has 116 valence electrons. The highest BCUT2D eigenvalue weighted by atomic mass is 32.2. The Bertz CT molecular complexity index is 453. The molecule has 6 nitrogen and oxygen atoms in total. The van der Waals surface area contributed by atoms with Crippen LogP contribution in [0.3, 0.4) is 0 Å². The van der Waals surface area contributed by atoms with Crippen molar-refractivity contribution in [3.63, 3.8) is 0 Å². The van der Waals surface area contributed by atoms with Gasteiger partial charge in [-0.05, 0) is 38.5 Å². The number of hydrogen-bond acceptors (Lipinski definition) is 4. The minimum atomic E-state index is -3.35. The normalized spacial score (nSPS) is 26.2. The molecule has 2 aliphatic rings. The average Bonchev–Trinajstić information content (AvgIpc) is 2.83. The molecule has 0 radical (unpaired) electrons. The monoisotopic (exact) mass is 304 g/mol. The fraction of sp³-hybridized carbons (Fsp3) is 0.923. The Kier molecular flexibility index (Phi) is 4.71. The van der Waals surface area contributed by atoms with Gasteiger partial charge in [-0.3, -0.25) is 4.79 Å². The minimum absolute atomic E-state index is 0.0762. The van der Waals surface area contributed by atoms with Crippen molar-refractivity contribution < 1.29 is 18.3 Å². The quantitative estimate of drug-likeness (QED) is 0.735. The third-order valence-corrected chi connectivity index (χ3v) is 6.40. The van der Waals surface area contributed by atoms with Crippen LogP contribution in [0.25, 0.3) is 0 Å². The van der Waals surface area contributed by atoms with Gasteiger partial charge in [-0.15, -0.1) is 0 Å². The van der Waals surface area contributed by atoms with E-state index in [2.05, 4.69) is 5.32 Å². The molecule has 1 saturated carbocycles. The lowest BCUT2D eigenvalue weighted by Gasteiger charge is -2.42. The van der Waals surface area contributed by atoms with Crippen molar-refractivity contribution in [2.45, 2.75) is 57.0 Å². The van der Waals surface area contributed by atoms with Gasteiger partial charge in [-0.2, -0.15) is 4.31 Å². The van der Waals surface area contributed by atoms with Crippen LogP contribution in [-0.4, -0.2) is 54.2 Å². The number of aliphatic hydroxyl groups excluding tert-OH is 1. The summed E-state index contributed by atoms with van der Waals surface area (Å²) >= 11 is 0. The fourth-order valence-electron chi connectivity index (χ4n) is 2.98. The van der Waals surface area contributed by atoms with E-state index in [9.17, 15) is 18.3 Å². The van der Waals surface area contributed by atoms with Crippen LogP contribution in [-0.2, 0) is 14.8 Å². The second-order valence-electron chi connectivity index (χ2n) is 5.87. The SMILES string of the molecule is CCCS(=O)(=O)N1CCCC1C(=O)NC1(CO)CCC1. The Morgan fingerprint density at radius 3 is 2.60 bits per heavy atom. The third-order valence-electron chi connectivity index (χ3n) is 4.33. The first-order valence-corrected chi connectivity index (χ1v) is 8.97. The zero-order valence-electron chi connectivity index (χ0n) is 12.0. The largest absolute Gasteiger partial charge is 0.394 e. The van der Waals surface area contributed by atoms with Crippen molar-refractivity contribution in [3.8, 4) is 0 Å². The maximum Gasteiger partial charge on any atom is 0.238 e. The second kappa shape index (κ2) is 5.99. The Hall–Kier alpha value is -0.660. The topological polar surface area (TPSA) is 86.7 Å². The first-order valence-electron chi connectivity index (χ1n) is 7.36. The van der Waals surface area contributed by atoms with Crippen molar-refractivity contribution in [3.05, 3.63) is 0 Å². The molecule has 1 atom stereocenters. The molecule has 0 bridgehead atoms. The van der Waals surface area contributed by atoms with Crippen molar-refractivity contribution >= 4 is 15.9 Å². The van der Waals surface area contributed by atoms with Crippen LogP contribution in [0.5, 0.6) is 0 Å². The summed E-state index contributed by atoms with van der Waals surface area (Å²) in [4.78, 5) is 12.3. The molecule has 20 heavy (non-hydrogen) atoms. The van der Waals surface area contributed by atoms with Crippen LogP contribution in [0.2, 0.25) is 0 Å². The van der Waals surface area contributed by atoms with Gasteiger partial charge in [-0.25, -0.2) is 8.42 Å². The van der Waals surface area contributed by atoms with Crippen LogP contribution in [0.1, 0.15) is 45.4 Å². The lowest BCUT2D eigenvalue weighted by molar-refractivity contribution is -0.128. The molecule has 0 aromatic rings. The molecule has 1 heterocycles. The van der Waals surface area contributed by atoms with E-state index in [0.29, 0.717) is 25.8 Å². The highest BCUT2D eigenvalue weighted by Crippen LogP contribution is 2.32. The highest BCUT2D eigenvalue weighted by molar-refractivity contribution is 7.89. The molecule has 0 spiro atoms. The zero-order chi connectivity index (χ0) is 14.8. The van der Waals surface area contributed by atoms with Crippen molar-refractivity contribution in [1.82, 2.24) is 9.62 Å². The smallest absolute Gasteiger partial charge is 0.238 e. The first-order chi connectivity index (χ1) is 9.44. The van der Waals surface area contributed by atoms with Gasteiger partial charge < -0.3 is 10.4 Å². The van der Waals surface area contributed by atoms with Gasteiger partial charge in [0.2, 0.25) is 15.9 Å².